The molecule has 2 unspecified atom stereocenters. The second-order valence-electron chi connectivity index (χ2n) is 8.69. The van der Waals surface area contributed by atoms with Crippen molar-refractivity contribution in [3.63, 3.8) is 0 Å². The normalized spacial score (nSPS) is 22.0. The van der Waals surface area contributed by atoms with Crippen molar-refractivity contribution in [2.75, 3.05) is 21.7 Å². The van der Waals surface area contributed by atoms with Gasteiger partial charge in [-0.3, -0.25) is 19.5 Å². The molecule has 3 aliphatic rings. The molecule has 1 aromatic carbocycles. The molecule has 0 saturated heterocycles. The van der Waals surface area contributed by atoms with Crippen LogP contribution in [0.5, 0.6) is 0 Å². The number of likely N-dealkylation sites (N-methyl/N-ethyl adjacent to an activating group) is 1. The van der Waals surface area contributed by atoms with Gasteiger partial charge in [-0.2, -0.15) is 4.98 Å². The largest absolute Gasteiger partial charge is 0.340 e. The molecule has 166 valence electrons. The molecule has 1 aliphatic carbocycles. The van der Waals surface area contributed by atoms with Gasteiger partial charge < -0.3 is 9.80 Å². The van der Waals surface area contributed by atoms with E-state index in [-0.39, 0.29) is 35.4 Å². The van der Waals surface area contributed by atoms with E-state index in [0.717, 1.165) is 18.4 Å². The van der Waals surface area contributed by atoms with Crippen molar-refractivity contribution >= 4 is 29.3 Å². The van der Waals surface area contributed by atoms with E-state index in [1.807, 2.05) is 17.9 Å². The first-order valence-electron chi connectivity index (χ1n) is 10.9. The maximum Gasteiger partial charge on any atom is 0.261 e. The number of fused-ring (bicyclic) bond motifs is 2. The summed E-state index contributed by atoms with van der Waals surface area (Å²) in [4.78, 5) is 44.9. The van der Waals surface area contributed by atoms with Crippen LogP contribution in [-0.2, 0) is 4.79 Å². The Morgan fingerprint density at radius 1 is 1.12 bits per heavy atom. The molecule has 1 fully saturated rings. The minimum Gasteiger partial charge on any atom is -0.340 e. The summed E-state index contributed by atoms with van der Waals surface area (Å²) in [5.74, 6) is -0.0143. The number of hydrogen-bond donors (Lipinski definition) is 0. The number of halogens is 1. The molecular formula is C24H21FN6O2. The summed E-state index contributed by atoms with van der Waals surface area (Å²) in [5, 5.41) is 0. The minimum atomic E-state index is -0.533. The summed E-state index contributed by atoms with van der Waals surface area (Å²) in [6, 6.07) is 7.26. The van der Waals surface area contributed by atoms with Crippen LogP contribution < -0.4 is 14.7 Å². The van der Waals surface area contributed by atoms with Crippen LogP contribution in [0.3, 0.4) is 0 Å². The fraction of sp³-hybridized carbons (Fsp3) is 0.292. The van der Waals surface area contributed by atoms with Gasteiger partial charge >= 0.3 is 0 Å². The average Bonchev–Trinajstić information content (AvgIpc) is 3.62. The van der Waals surface area contributed by atoms with Gasteiger partial charge in [0.2, 0.25) is 11.9 Å². The molecule has 0 bridgehead atoms. The van der Waals surface area contributed by atoms with Crippen molar-refractivity contribution < 1.29 is 14.0 Å². The lowest BCUT2D eigenvalue weighted by molar-refractivity contribution is -0.119. The molecule has 0 radical (unpaired) electrons. The quantitative estimate of drug-likeness (QED) is 0.618. The number of pyridine rings is 1. The molecule has 9 heteroatoms. The summed E-state index contributed by atoms with van der Waals surface area (Å²) in [6.07, 6.45) is 6.92. The first kappa shape index (κ1) is 19.8. The van der Waals surface area contributed by atoms with Crippen LogP contribution in [0.4, 0.5) is 21.8 Å². The highest BCUT2D eigenvalue weighted by atomic mass is 19.1. The Bertz CT molecular complexity index is 1300. The van der Waals surface area contributed by atoms with Crippen LogP contribution >= 0.6 is 0 Å². The Morgan fingerprint density at radius 2 is 1.94 bits per heavy atom. The smallest absolute Gasteiger partial charge is 0.261 e. The van der Waals surface area contributed by atoms with Gasteiger partial charge in [0, 0.05) is 31.0 Å². The van der Waals surface area contributed by atoms with Gasteiger partial charge in [-0.05, 0) is 49.1 Å². The molecular weight excluding hydrogens is 423 g/mol. The SMILES string of the molecule is CC1C(=O)N(C)c2cnc(N3C(=O)c4cc(F)ccc4C3c3cccnc3)nc2N1C1CC1. The molecule has 2 aliphatic heterocycles. The molecule has 2 amide bonds. The van der Waals surface area contributed by atoms with Crippen molar-refractivity contribution in [3.05, 3.63) is 71.4 Å². The zero-order valence-electron chi connectivity index (χ0n) is 18.1. The standard InChI is InChI=1S/C24H21FN6O2/c1-13-22(32)29(2)19-12-27-24(28-21(19)30(13)16-6-7-16)31-20(14-4-3-9-26-11-14)17-8-5-15(25)10-18(17)23(31)33/h3-5,8-13,16,20H,6-7H2,1-2H3. The van der Waals surface area contributed by atoms with Crippen molar-refractivity contribution in [3.8, 4) is 0 Å². The van der Waals surface area contributed by atoms with E-state index in [4.69, 9.17) is 4.98 Å². The topological polar surface area (TPSA) is 82.5 Å². The molecule has 4 heterocycles. The third kappa shape index (κ3) is 2.92. The Morgan fingerprint density at radius 3 is 2.67 bits per heavy atom. The summed E-state index contributed by atoms with van der Waals surface area (Å²) in [7, 11) is 1.71. The fourth-order valence-corrected chi connectivity index (χ4v) is 4.85. The first-order chi connectivity index (χ1) is 16.0. The highest BCUT2D eigenvalue weighted by Crippen LogP contribution is 2.44. The van der Waals surface area contributed by atoms with Gasteiger partial charge in [-0.1, -0.05) is 12.1 Å². The van der Waals surface area contributed by atoms with E-state index in [2.05, 4.69) is 9.97 Å². The van der Waals surface area contributed by atoms with Gasteiger partial charge in [0.1, 0.15) is 17.5 Å². The predicted molar refractivity (Wildman–Crippen MR) is 120 cm³/mol. The zero-order valence-corrected chi connectivity index (χ0v) is 18.1. The number of carbonyl (C=O) groups is 2. The Balaban J connectivity index is 1.51. The lowest BCUT2D eigenvalue weighted by atomic mass is 9.99. The molecule has 0 N–H and O–H groups in total. The Labute approximate surface area is 189 Å². The van der Waals surface area contributed by atoms with Crippen LogP contribution in [0.25, 0.3) is 0 Å². The highest BCUT2D eigenvalue weighted by molar-refractivity contribution is 6.11. The van der Waals surface area contributed by atoms with Gasteiger partial charge in [0.25, 0.3) is 5.91 Å². The zero-order chi connectivity index (χ0) is 22.9. The predicted octanol–water partition coefficient (Wildman–Crippen LogP) is 3.09. The summed E-state index contributed by atoms with van der Waals surface area (Å²) >= 11 is 0. The average molecular weight is 444 g/mol. The Kier molecular flexibility index (Phi) is 4.23. The van der Waals surface area contributed by atoms with Gasteiger partial charge in [0.15, 0.2) is 5.82 Å². The van der Waals surface area contributed by atoms with Crippen LogP contribution in [0, 0.1) is 5.82 Å². The monoisotopic (exact) mass is 444 g/mol. The minimum absolute atomic E-state index is 0.0147. The second-order valence-corrected chi connectivity index (χ2v) is 8.69. The molecule has 3 aromatic rings. The van der Waals surface area contributed by atoms with E-state index in [1.54, 1.807) is 42.7 Å². The second kappa shape index (κ2) is 7.06. The van der Waals surface area contributed by atoms with Gasteiger partial charge in [0.05, 0.1) is 12.2 Å². The van der Waals surface area contributed by atoms with E-state index in [1.165, 1.54) is 17.0 Å². The summed E-state index contributed by atoms with van der Waals surface area (Å²) in [6.45, 7) is 1.87. The van der Waals surface area contributed by atoms with Crippen molar-refractivity contribution in [1.29, 1.82) is 0 Å². The van der Waals surface area contributed by atoms with Crippen LogP contribution in [0.15, 0.2) is 48.9 Å². The maximum absolute atomic E-state index is 14.0. The molecule has 2 aromatic heterocycles. The first-order valence-corrected chi connectivity index (χ1v) is 10.9. The molecule has 6 rings (SSSR count). The van der Waals surface area contributed by atoms with E-state index >= 15 is 0 Å². The lowest BCUT2D eigenvalue weighted by Crippen LogP contribution is -2.52. The van der Waals surface area contributed by atoms with Crippen LogP contribution in [0.2, 0.25) is 0 Å². The molecule has 2 atom stereocenters. The highest BCUT2D eigenvalue weighted by Gasteiger charge is 2.45. The lowest BCUT2D eigenvalue weighted by Gasteiger charge is -2.39. The fourth-order valence-electron chi connectivity index (χ4n) is 4.85. The maximum atomic E-state index is 14.0. The number of amides is 2. The number of benzene rings is 1. The molecule has 8 nitrogen and oxygen atoms in total. The summed E-state index contributed by atoms with van der Waals surface area (Å²) < 4.78 is 14.0. The number of aromatic nitrogens is 3. The number of rotatable bonds is 3. The van der Waals surface area contributed by atoms with Crippen LogP contribution in [0.1, 0.15) is 47.3 Å². The molecule has 0 spiro atoms. The molecule has 33 heavy (non-hydrogen) atoms. The number of anilines is 3. The van der Waals surface area contributed by atoms with Crippen molar-refractivity contribution in [2.45, 2.75) is 37.9 Å². The van der Waals surface area contributed by atoms with E-state index in [0.29, 0.717) is 17.1 Å². The summed E-state index contributed by atoms with van der Waals surface area (Å²) in [5.41, 5.74) is 2.35. The Hall–Kier alpha value is -3.88. The number of carbonyl (C=O) groups excluding carboxylic acids is 2. The van der Waals surface area contributed by atoms with E-state index in [9.17, 15) is 14.0 Å². The third-order valence-electron chi connectivity index (χ3n) is 6.62. The molecule has 1 saturated carbocycles. The van der Waals surface area contributed by atoms with Gasteiger partial charge in [-0.15, -0.1) is 0 Å². The van der Waals surface area contributed by atoms with E-state index < -0.39 is 11.9 Å². The number of nitrogens with zero attached hydrogens (tertiary/aromatic N) is 6. The van der Waals surface area contributed by atoms with Crippen LogP contribution in [-0.4, -0.2) is 45.9 Å². The van der Waals surface area contributed by atoms with Crippen molar-refractivity contribution in [1.82, 2.24) is 15.0 Å². The number of hydrogen-bond acceptors (Lipinski definition) is 6. The van der Waals surface area contributed by atoms with Crippen molar-refractivity contribution in [2.24, 2.45) is 0 Å². The van der Waals surface area contributed by atoms with Gasteiger partial charge in [-0.25, -0.2) is 9.37 Å². The third-order valence-corrected chi connectivity index (χ3v) is 6.62.